The Hall–Kier alpha value is -1.10. The van der Waals surface area contributed by atoms with Crippen molar-refractivity contribution in [2.24, 2.45) is 17.4 Å². The monoisotopic (exact) mass is 258 g/mol. The highest BCUT2D eigenvalue weighted by molar-refractivity contribution is 5.82. The van der Waals surface area contributed by atoms with Crippen LogP contribution in [0.3, 0.4) is 0 Å². The number of primary amides is 1. The first kappa shape index (κ1) is 16.9. The summed E-state index contributed by atoms with van der Waals surface area (Å²) in [5, 5.41) is 0. The second-order valence-electron chi connectivity index (χ2n) is 4.72. The predicted octanol–water partition coefficient (Wildman–Crippen LogP) is 1.34. The number of hydrogen-bond donors (Lipinski definition) is 2. The van der Waals surface area contributed by atoms with Crippen molar-refractivity contribution in [1.29, 1.82) is 0 Å². The molecule has 5 heteroatoms. The zero-order valence-corrected chi connectivity index (χ0v) is 11.5. The van der Waals surface area contributed by atoms with Crippen LogP contribution in [0.25, 0.3) is 0 Å². The van der Waals surface area contributed by atoms with E-state index in [9.17, 15) is 9.59 Å². The number of hydrogen-bond acceptors (Lipinski definition) is 4. The molecule has 0 heterocycles. The average molecular weight is 258 g/mol. The Morgan fingerprint density at radius 3 is 2.39 bits per heavy atom. The van der Waals surface area contributed by atoms with E-state index < -0.39 is 12.0 Å². The van der Waals surface area contributed by atoms with E-state index in [1.165, 1.54) is 0 Å². The van der Waals surface area contributed by atoms with Crippen molar-refractivity contribution in [2.75, 3.05) is 6.54 Å². The molecule has 0 bridgehead atoms. The van der Waals surface area contributed by atoms with Crippen LogP contribution < -0.4 is 11.5 Å². The zero-order chi connectivity index (χ0) is 14.0. The molecule has 0 spiro atoms. The lowest BCUT2D eigenvalue weighted by molar-refractivity contribution is -0.155. The lowest BCUT2D eigenvalue weighted by Crippen LogP contribution is -2.34. The van der Waals surface area contributed by atoms with Crippen molar-refractivity contribution in [3.8, 4) is 0 Å². The minimum Gasteiger partial charge on any atom is -0.452 e. The molecule has 0 fully saturated rings. The van der Waals surface area contributed by atoms with Crippen LogP contribution in [0.5, 0.6) is 0 Å². The number of amides is 1. The Bertz CT molecular complexity index is 257. The van der Waals surface area contributed by atoms with Crippen molar-refractivity contribution in [1.82, 2.24) is 0 Å². The van der Waals surface area contributed by atoms with Gasteiger partial charge in [-0.1, -0.05) is 33.1 Å². The Labute approximate surface area is 109 Å². The van der Waals surface area contributed by atoms with Gasteiger partial charge in [-0.25, -0.2) is 0 Å². The highest BCUT2D eigenvalue weighted by Gasteiger charge is 2.18. The molecule has 106 valence electrons. The van der Waals surface area contributed by atoms with Crippen LogP contribution in [0, 0.1) is 5.92 Å². The summed E-state index contributed by atoms with van der Waals surface area (Å²) in [6, 6.07) is 0. The quantitative estimate of drug-likeness (QED) is 0.456. The van der Waals surface area contributed by atoms with Gasteiger partial charge in [0.1, 0.15) is 0 Å². The average Bonchev–Trinajstić information content (AvgIpc) is 2.33. The van der Waals surface area contributed by atoms with E-state index in [0.717, 1.165) is 25.7 Å². The third-order valence-electron chi connectivity index (χ3n) is 3.04. The van der Waals surface area contributed by atoms with E-state index in [0.29, 0.717) is 12.3 Å². The molecule has 0 aromatic rings. The van der Waals surface area contributed by atoms with Gasteiger partial charge in [0.05, 0.1) is 0 Å². The summed E-state index contributed by atoms with van der Waals surface area (Å²) in [5.74, 6) is -0.304. The molecule has 5 nitrogen and oxygen atoms in total. The van der Waals surface area contributed by atoms with Crippen molar-refractivity contribution < 1.29 is 14.3 Å². The van der Waals surface area contributed by atoms with Crippen molar-refractivity contribution >= 4 is 11.9 Å². The van der Waals surface area contributed by atoms with Crippen LogP contribution in [0.1, 0.15) is 52.4 Å². The summed E-state index contributed by atoms with van der Waals surface area (Å²) < 4.78 is 4.99. The third kappa shape index (κ3) is 8.06. The smallest absolute Gasteiger partial charge is 0.306 e. The number of carbonyl (C=O) groups excluding carboxylic acids is 2. The molecule has 2 atom stereocenters. The van der Waals surface area contributed by atoms with Gasteiger partial charge in [-0.05, 0) is 18.9 Å². The molecule has 4 N–H and O–H groups in total. The summed E-state index contributed by atoms with van der Waals surface area (Å²) in [6.07, 6.45) is 3.81. The highest BCUT2D eigenvalue weighted by atomic mass is 16.5. The summed E-state index contributed by atoms with van der Waals surface area (Å²) in [6.45, 7) is 4.63. The van der Waals surface area contributed by atoms with Crippen molar-refractivity contribution in [3.63, 3.8) is 0 Å². The van der Waals surface area contributed by atoms with Crippen LogP contribution >= 0.6 is 0 Å². The summed E-state index contributed by atoms with van der Waals surface area (Å²) in [5.41, 5.74) is 10.4. The van der Waals surface area contributed by atoms with Gasteiger partial charge in [0.25, 0.3) is 5.91 Å². The van der Waals surface area contributed by atoms with Crippen molar-refractivity contribution in [3.05, 3.63) is 0 Å². The maximum Gasteiger partial charge on any atom is 0.306 e. The molecule has 2 unspecified atom stereocenters. The number of ether oxygens (including phenoxy) is 1. The van der Waals surface area contributed by atoms with E-state index in [2.05, 4.69) is 13.8 Å². The molecule has 0 aliphatic rings. The van der Waals surface area contributed by atoms with Crippen LogP contribution in [-0.2, 0) is 14.3 Å². The van der Waals surface area contributed by atoms with Gasteiger partial charge in [-0.3, -0.25) is 9.59 Å². The molecule has 0 aromatic carbocycles. The van der Waals surface area contributed by atoms with Gasteiger partial charge in [0.15, 0.2) is 6.10 Å². The van der Waals surface area contributed by atoms with Crippen LogP contribution in [-0.4, -0.2) is 24.5 Å². The number of esters is 1. The first-order chi connectivity index (χ1) is 8.51. The number of carbonyl (C=O) groups is 2. The Morgan fingerprint density at radius 1 is 1.22 bits per heavy atom. The molecule has 0 aliphatic heterocycles. The van der Waals surface area contributed by atoms with Crippen LogP contribution in [0.4, 0.5) is 0 Å². The Morgan fingerprint density at radius 2 is 1.89 bits per heavy atom. The van der Waals surface area contributed by atoms with Gasteiger partial charge in [-0.15, -0.1) is 0 Å². The number of unbranched alkanes of at least 4 members (excludes halogenated alkanes) is 1. The van der Waals surface area contributed by atoms with Gasteiger partial charge in [0.2, 0.25) is 0 Å². The molecular formula is C13H26N2O3. The fourth-order valence-electron chi connectivity index (χ4n) is 1.59. The zero-order valence-electron chi connectivity index (χ0n) is 11.5. The predicted molar refractivity (Wildman–Crippen MR) is 70.7 cm³/mol. The Kier molecular flexibility index (Phi) is 9.28. The summed E-state index contributed by atoms with van der Waals surface area (Å²) >= 11 is 0. The molecule has 0 saturated heterocycles. The van der Waals surface area contributed by atoms with Gasteiger partial charge < -0.3 is 16.2 Å². The fraction of sp³-hybridized carbons (Fsp3) is 0.846. The van der Waals surface area contributed by atoms with Gasteiger partial charge in [0, 0.05) is 12.8 Å². The first-order valence-electron chi connectivity index (χ1n) is 6.70. The molecule has 0 radical (unpaired) electrons. The van der Waals surface area contributed by atoms with Gasteiger partial charge >= 0.3 is 5.97 Å². The molecule has 0 saturated carbocycles. The van der Waals surface area contributed by atoms with E-state index in [4.69, 9.17) is 16.2 Å². The number of rotatable bonds is 10. The molecule has 0 aliphatic carbocycles. The maximum absolute atomic E-state index is 11.5. The van der Waals surface area contributed by atoms with E-state index in [-0.39, 0.29) is 18.9 Å². The molecular weight excluding hydrogens is 232 g/mol. The molecule has 0 aromatic heterocycles. The van der Waals surface area contributed by atoms with Crippen LogP contribution in [0.15, 0.2) is 0 Å². The summed E-state index contributed by atoms with van der Waals surface area (Å²) in [4.78, 5) is 22.4. The van der Waals surface area contributed by atoms with Crippen LogP contribution in [0.2, 0.25) is 0 Å². The van der Waals surface area contributed by atoms with E-state index >= 15 is 0 Å². The van der Waals surface area contributed by atoms with E-state index in [1.54, 1.807) is 0 Å². The molecule has 0 rings (SSSR count). The second kappa shape index (κ2) is 9.88. The normalized spacial score (nSPS) is 13.9. The highest BCUT2D eigenvalue weighted by Crippen LogP contribution is 2.12. The topological polar surface area (TPSA) is 95.4 Å². The lowest BCUT2D eigenvalue weighted by atomic mass is 10.0. The molecule has 18 heavy (non-hydrogen) atoms. The Balaban J connectivity index is 3.78. The lowest BCUT2D eigenvalue weighted by Gasteiger charge is -2.13. The summed E-state index contributed by atoms with van der Waals surface area (Å²) in [7, 11) is 0. The standard InChI is InChI=1S/C13H26N2O3/c1-3-10(2)6-4-5-7-12(16)18-11(8-9-14)13(15)17/h10-11H,3-9,14H2,1-2H3,(H2,15,17). The second-order valence-corrected chi connectivity index (χ2v) is 4.72. The van der Waals surface area contributed by atoms with Gasteiger partial charge in [-0.2, -0.15) is 0 Å². The first-order valence-corrected chi connectivity index (χ1v) is 6.70. The number of nitrogens with two attached hydrogens (primary N) is 2. The maximum atomic E-state index is 11.5. The minimum atomic E-state index is -0.878. The third-order valence-corrected chi connectivity index (χ3v) is 3.04. The fourth-order valence-corrected chi connectivity index (χ4v) is 1.59. The minimum absolute atomic E-state index is 0.273. The van der Waals surface area contributed by atoms with E-state index in [1.807, 2.05) is 0 Å². The molecule has 1 amide bonds. The van der Waals surface area contributed by atoms with Crippen molar-refractivity contribution in [2.45, 2.75) is 58.5 Å². The largest absolute Gasteiger partial charge is 0.452 e. The SMILES string of the molecule is CCC(C)CCCCC(=O)OC(CCN)C(N)=O.